The molecule has 2 aromatic rings. The Kier molecular flexibility index (Phi) is 5.03. The Morgan fingerprint density at radius 2 is 1.95 bits per heavy atom. The highest BCUT2D eigenvalue weighted by Gasteiger charge is 2.21. The van der Waals surface area contributed by atoms with Crippen molar-refractivity contribution in [3.05, 3.63) is 63.3 Å². The second kappa shape index (κ2) is 6.44. The van der Waals surface area contributed by atoms with E-state index in [1.165, 1.54) is 37.4 Å². The molecule has 2 rings (SSSR count). The summed E-state index contributed by atoms with van der Waals surface area (Å²) in [5, 5.41) is 0.432. The number of hydrogen-bond donors (Lipinski definition) is 0. The Labute approximate surface area is 136 Å². The lowest BCUT2D eigenvalue weighted by Crippen LogP contribution is -2.26. The first-order chi connectivity index (χ1) is 9.80. The van der Waals surface area contributed by atoms with Crippen LogP contribution in [0.15, 0.2) is 51.8 Å². The number of rotatable bonds is 4. The molecule has 0 unspecified atom stereocenters. The van der Waals surface area contributed by atoms with Gasteiger partial charge in [0.15, 0.2) is 0 Å². The van der Waals surface area contributed by atoms with E-state index in [1.807, 2.05) is 0 Å². The molecule has 0 aliphatic rings. The fourth-order valence-electron chi connectivity index (χ4n) is 1.79. The van der Waals surface area contributed by atoms with E-state index in [2.05, 4.69) is 15.9 Å². The lowest BCUT2D eigenvalue weighted by atomic mass is 10.2. The van der Waals surface area contributed by atoms with Gasteiger partial charge < -0.3 is 0 Å². The molecule has 0 aliphatic carbocycles. The van der Waals surface area contributed by atoms with Crippen LogP contribution in [0, 0.1) is 5.82 Å². The first-order valence-electron chi connectivity index (χ1n) is 5.96. The highest BCUT2D eigenvalue weighted by Crippen LogP contribution is 2.27. The van der Waals surface area contributed by atoms with E-state index >= 15 is 0 Å². The molecule has 0 spiro atoms. The summed E-state index contributed by atoms with van der Waals surface area (Å²) in [6, 6.07) is 10.2. The monoisotopic (exact) mass is 391 g/mol. The van der Waals surface area contributed by atoms with Gasteiger partial charge in [-0.25, -0.2) is 12.8 Å². The zero-order valence-electron chi connectivity index (χ0n) is 11.1. The van der Waals surface area contributed by atoms with Gasteiger partial charge in [-0.3, -0.25) is 0 Å². The van der Waals surface area contributed by atoms with Crippen LogP contribution in [-0.4, -0.2) is 19.8 Å². The zero-order valence-corrected chi connectivity index (χ0v) is 14.2. The summed E-state index contributed by atoms with van der Waals surface area (Å²) in [4.78, 5) is 0.123. The Bertz CT molecular complexity index is 767. The van der Waals surface area contributed by atoms with Crippen molar-refractivity contribution in [2.75, 3.05) is 7.05 Å². The molecule has 0 aromatic heterocycles. The van der Waals surface area contributed by atoms with Crippen LogP contribution in [0.5, 0.6) is 0 Å². The number of halogens is 3. The molecular weight excluding hydrogens is 381 g/mol. The van der Waals surface area contributed by atoms with Crippen LogP contribution in [0.2, 0.25) is 5.02 Å². The van der Waals surface area contributed by atoms with Crippen molar-refractivity contribution < 1.29 is 12.8 Å². The van der Waals surface area contributed by atoms with Crippen molar-refractivity contribution in [3.8, 4) is 0 Å². The number of hydrogen-bond acceptors (Lipinski definition) is 2. The molecule has 2 aromatic carbocycles. The third-order valence-corrected chi connectivity index (χ3v) is 5.91. The largest absolute Gasteiger partial charge is 0.243 e. The summed E-state index contributed by atoms with van der Waals surface area (Å²) >= 11 is 9.06. The molecule has 7 heteroatoms. The average Bonchev–Trinajstić information content (AvgIpc) is 2.41. The minimum Gasteiger partial charge on any atom is -0.207 e. The molecule has 21 heavy (non-hydrogen) atoms. The lowest BCUT2D eigenvalue weighted by molar-refractivity contribution is 0.465. The predicted molar refractivity (Wildman–Crippen MR) is 84.2 cm³/mol. The minimum atomic E-state index is -3.67. The van der Waals surface area contributed by atoms with Crippen molar-refractivity contribution in [3.63, 3.8) is 0 Å². The number of nitrogens with zero attached hydrogens (tertiary/aromatic N) is 1. The van der Waals surface area contributed by atoms with Gasteiger partial charge in [-0.2, -0.15) is 4.31 Å². The molecular formula is C14H12BrClFNO2S. The van der Waals surface area contributed by atoms with E-state index in [4.69, 9.17) is 11.6 Å². The Balaban J connectivity index is 2.28. The highest BCUT2D eigenvalue weighted by molar-refractivity contribution is 9.10. The van der Waals surface area contributed by atoms with E-state index in [1.54, 1.807) is 12.1 Å². The van der Waals surface area contributed by atoms with Crippen molar-refractivity contribution in [1.82, 2.24) is 4.31 Å². The molecule has 0 saturated heterocycles. The fraction of sp³-hybridized carbons (Fsp3) is 0.143. The molecule has 0 radical (unpaired) electrons. The topological polar surface area (TPSA) is 37.4 Å². The van der Waals surface area contributed by atoms with Crippen LogP contribution >= 0.6 is 27.5 Å². The Morgan fingerprint density at radius 3 is 2.57 bits per heavy atom. The van der Waals surface area contributed by atoms with Crippen molar-refractivity contribution >= 4 is 37.6 Å². The maximum atomic E-state index is 13.1. The van der Waals surface area contributed by atoms with Gasteiger partial charge in [-0.15, -0.1) is 0 Å². The molecule has 112 valence electrons. The van der Waals surface area contributed by atoms with Gasteiger partial charge in [0.2, 0.25) is 10.0 Å². The van der Waals surface area contributed by atoms with Gasteiger partial charge in [0, 0.05) is 18.1 Å². The molecule has 0 N–H and O–H groups in total. The third-order valence-electron chi connectivity index (χ3n) is 2.89. The van der Waals surface area contributed by atoms with Crippen molar-refractivity contribution in [1.29, 1.82) is 0 Å². The Morgan fingerprint density at radius 1 is 1.24 bits per heavy atom. The summed E-state index contributed by atoms with van der Waals surface area (Å²) < 4.78 is 39.7. The van der Waals surface area contributed by atoms with E-state index in [0.29, 0.717) is 15.1 Å². The normalized spacial score (nSPS) is 11.9. The summed E-state index contributed by atoms with van der Waals surface area (Å²) in [5.41, 5.74) is 0.578. The molecule has 0 aliphatic heterocycles. The zero-order chi connectivity index (χ0) is 15.6. The number of sulfonamides is 1. The maximum absolute atomic E-state index is 13.1. The van der Waals surface area contributed by atoms with E-state index in [0.717, 1.165) is 4.31 Å². The SMILES string of the molecule is CN(Cc1cccc(F)c1)S(=O)(=O)c1ccc(Cl)c(Br)c1. The second-order valence-corrected chi connectivity index (χ2v) is 7.77. The molecule has 0 amide bonds. The lowest BCUT2D eigenvalue weighted by Gasteiger charge is -2.17. The smallest absolute Gasteiger partial charge is 0.207 e. The minimum absolute atomic E-state index is 0.0837. The van der Waals surface area contributed by atoms with Crippen LogP contribution in [-0.2, 0) is 16.6 Å². The third kappa shape index (κ3) is 3.83. The summed E-state index contributed by atoms with van der Waals surface area (Å²) in [5.74, 6) is -0.396. The van der Waals surface area contributed by atoms with E-state index in [9.17, 15) is 12.8 Å². The molecule has 3 nitrogen and oxygen atoms in total. The van der Waals surface area contributed by atoms with Gasteiger partial charge in [0.25, 0.3) is 0 Å². The molecule has 0 saturated carbocycles. The fourth-order valence-corrected chi connectivity index (χ4v) is 3.63. The van der Waals surface area contributed by atoms with Gasteiger partial charge in [-0.05, 0) is 51.8 Å². The standard InChI is InChI=1S/C14H12BrClFNO2S/c1-18(9-10-3-2-4-11(17)7-10)21(19,20)12-5-6-14(16)13(15)8-12/h2-8H,9H2,1H3. The van der Waals surface area contributed by atoms with Crippen molar-refractivity contribution in [2.45, 2.75) is 11.4 Å². The maximum Gasteiger partial charge on any atom is 0.243 e. The summed E-state index contributed by atoms with van der Waals surface area (Å²) in [7, 11) is -2.22. The molecule has 0 fully saturated rings. The quantitative estimate of drug-likeness (QED) is 0.787. The highest BCUT2D eigenvalue weighted by atomic mass is 79.9. The van der Waals surface area contributed by atoms with Crippen LogP contribution in [0.25, 0.3) is 0 Å². The second-order valence-electron chi connectivity index (χ2n) is 4.47. The summed E-state index contributed by atoms with van der Waals surface area (Å²) in [6.07, 6.45) is 0. The van der Waals surface area contributed by atoms with E-state index < -0.39 is 15.8 Å². The average molecular weight is 393 g/mol. The van der Waals surface area contributed by atoms with Gasteiger partial charge >= 0.3 is 0 Å². The van der Waals surface area contributed by atoms with E-state index in [-0.39, 0.29) is 11.4 Å². The predicted octanol–water partition coefficient (Wildman–Crippen LogP) is 4.06. The van der Waals surface area contributed by atoms with Gasteiger partial charge in [-0.1, -0.05) is 23.7 Å². The first-order valence-corrected chi connectivity index (χ1v) is 8.57. The van der Waals surface area contributed by atoms with Crippen LogP contribution < -0.4 is 0 Å². The first kappa shape index (κ1) is 16.4. The Hall–Kier alpha value is -0.950. The van der Waals surface area contributed by atoms with Crippen LogP contribution in [0.1, 0.15) is 5.56 Å². The number of benzene rings is 2. The molecule has 0 heterocycles. The van der Waals surface area contributed by atoms with Crippen LogP contribution in [0.4, 0.5) is 4.39 Å². The van der Waals surface area contributed by atoms with Crippen molar-refractivity contribution in [2.24, 2.45) is 0 Å². The molecule has 0 atom stereocenters. The molecule has 0 bridgehead atoms. The van der Waals surface area contributed by atoms with Gasteiger partial charge in [0.05, 0.1) is 9.92 Å². The van der Waals surface area contributed by atoms with Gasteiger partial charge in [0.1, 0.15) is 5.82 Å². The summed E-state index contributed by atoms with van der Waals surface area (Å²) in [6.45, 7) is 0.0837. The van der Waals surface area contributed by atoms with Crippen LogP contribution in [0.3, 0.4) is 0 Å².